The van der Waals surface area contributed by atoms with Crippen LogP contribution in [0.1, 0.15) is 5.56 Å². The fourth-order valence-corrected chi connectivity index (χ4v) is 2.61. The van der Waals surface area contributed by atoms with E-state index < -0.39 is 0 Å². The van der Waals surface area contributed by atoms with Crippen LogP contribution in [0.25, 0.3) is 11.3 Å². The summed E-state index contributed by atoms with van der Waals surface area (Å²) in [6.07, 6.45) is 5.56. The maximum Gasteiger partial charge on any atom is 0.256 e. The molecule has 20 heavy (non-hydrogen) atoms. The highest BCUT2D eigenvalue weighted by Gasteiger charge is 2.07. The molecule has 0 bridgehead atoms. The Hall–Kier alpha value is -1.72. The maximum absolute atomic E-state index is 5.87. The number of hydrogen-bond donors (Lipinski definition) is 0. The van der Waals surface area contributed by atoms with Crippen molar-refractivity contribution in [3.05, 3.63) is 53.4 Å². The van der Waals surface area contributed by atoms with Crippen LogP contribution >= 0.6 is 23.4 Å². The van der Waals surface area contributed by atoms with Crippen molar-refractivity contribution in [2.24, 2.45) is 7.05 Å². The molecule has 3 rings (SSSR count). The highest BCUT2D eigenvalue weighted by atomic mass is 35.5. The third-order valence-corrected chi connectivity index (χ3v) is 3.90. The molecule has 2 heterocycles. The quantitative estimate of drug-likeness (QED) is 0.683. The fourth-order valence-electron chi connectivity index (χ4n) is 1.76. The van der Waals surface area contributed by atoms with E-state index in [1.54, 1.807) is 22.6 Å². The zero-order valence-corrected chi connectivity index (χ0v) is 12.4. The lowest BCUT2D eigenvalue weighted by atomic mass is 10.2. The summed E-state index contributed by atoms with van der Waals surface area (Å²) >= 11 is 7.41. The first kappa shape index (κ1) is 13.3. The van der Waals surface area contributed by atoms with E-state index in [4.69, 9.17) is 16.0 Å². The van der Waals surface area contributed by atoms with Gasteiger partial charge in [0.05, 0.1) is 12.4 Å². The highest BCUT2D eigenvalue weighted by molar-refractivity contribution is 7.98. The highest BCUT2D eigenvalue weighted by Crippen LogP contribution is 2.28. The summed E-state index contributed by atoms with van der Waals surface area (Å²) in [7, 11) is 1.90. The third kappa shape index (κ3) is 3.05. The Balaban J connectivity index is 1.69. The molecule has 0 N–H and O–H groups in total. The molecule has 0 aliphatic carbocycles. The third-order valence-electron chi connectivity index (χ3n) is 2.73. The van der Waals surface area contributed by atoms with Crippen molar-refractivity contribution in [1.29, 1.82) is 0 Å². The van der Waals surface area contributed by atoms with Crippen molar-refractivity contribution < 1.29 is 4.42 Å². The van der Waals surface area contributed by atoms with E-state index in [1.807, 2.05) is 43.7 Å². The molecule has 0 unspecified atom stereocenters. The van der Waals surface area contributed by atoms with Gasteiger partial charge in [-0.15, -0.1) is 0 Å². The summed E-state index contributed by atoms with van der Waals surface area (Å²) in [5.74, 6) is 1.53. The number of aromatic nitrogens is 3. The number of benzene rings is 1. The standard InChI is InChI=1S/C14H12ClN3OS/c1-18-8-10(6-17-18)9-20-14-16-7-13(19-14)11-2-4-12(15)5-3-11/h2-8H,9H2,1H3. The number of rotatable bonds is 4. The number of oxazole rings is 1. The Kier molecular flexibility index (Phi) is 3.80. The van der Waals surface area contributed by atoms with Gasteiger partial charge in [-0.2, -0.15) is 5.10 Å². The Morgan fingerprint density at radius 1 is 1.25 bits per heavy atom. The molecule has 0 aliphatic heterocycles. The molecule has 0 amide bonds. The lowest BCUT2D eigenvalue weighted by Gasteiger charge is -1.96. The molecule has 0 saturated carbocycles. The predicted molar refractivity (Wildman–Crippen MR) is 79.7 cm³/mol. The van der Waals surface area contributed by atoms with Gasteiger partial charge in [-0.25, -0.2) is 4.98 Å². The molecular weight excluding hydrogens is 294 g/mol. The van der Waals surface area contributed by atoms with E-state index in [0.29, 0.717) is 10.2 Å². The van der Waals surface area contributed by atoms with Crippen LogP contribution in [0.15, 0.2) is 52.5 Å². The molecule has 0 saturated heterocycles. The zero-order valence-electron chi connectivity index (χ0n) is 10.8. The van der Waals surface area contributed by atoms with Crippen LogP contribution in [0, 0.1) is 0 Å². The molecule has 6 heteroatoms. The van der Waals surface area contributed by atoms with Gasteiger partial charge in [0, 0.05) is 35.1 Å². The van der Waals surface area contributed by atoms with Crippen molar-refractivity contribution in [3.8, 4) is 11.3 Å². The van der Waals surface area contributed by atoms with E-state index in [1.165, 1.54) is 0 Å². The molecule has 0 aliphatic rings. The summed E-state index contributed by atoms with van der Waals surface area (Å²) in [6, 6.07) is 7.50. The minimum atomic E-state index is 0.652. The van der Waals surface area contributed by atoms with Gasteiger partial charge in [-0.3, -0.25) is 4.68 Å². The number of aryl methyl sites for hydroxylation is 1. The lowest BCUT2D eigenvalue weighted by molar-refractivity contribution is 0.466. The molecule has 102 valence electrons. The summed E-state index contributed by atoms with van der Waals surface area (Å²) in [4.78, 5) is 4.27. The van der Waals surface area contributed by atoms with Crippen molar-refractivity contribution in [2.75, 3.05) is 0 Å². The first-order valence-corrected chi connectivity index (χ1v) is 7.39. The molecular formula is C14H12ClN3OS. The van der Waals surface area contributed by atoms with E-state index >= 15 is 0 Å². The topological polar surface area (TPSA) is 43.9 Å². The van der Waals surface area contributed by atoms with Crippen molar-refractivity contribution >= 4 is 23.4 Å². The second-order valence-corrected chi connectivity index (χ2v) is 5.67. The number of thioether (sulfide) groups is 1. The first-order valence-electron chi connectivity index (χ1n) is 6.03. The lowest BCUT2D eigenvalue weighted by Crippen LogP contribution is -1.84. The molecule has 0 spiro atoms. The Morgan fingerprint density at radius 3 is 2.75 bits per heavy atom. The van der Waals surface area contributed by atoms with Gasteiger partial charge in [0.15, 0.2) is 5.76 Å². The van der Waals surface area contributed by atoms with Crippen LogP contribution in [-0.4, -0.2) is 14.8 Å². The van der Waals surface area contributed by atoms with E-state index in [-0.39, 0.29) is 0 Å². The minimum absolute atomic E-state index is 0.652. The Labute approximate surface area is 125 Å². The van der Waals surface area contributed by atoms with Gasteiger partial charge < -0.3 is 4.42 Å². The largest absolute Gasteiger partial charge is 0.431 e. The molecule has 2 aromatic heterocycles. The van der Waals surface area contributed by atoms with Crippen molar-refractivity contribution in [1.82, 2.24) is 14.8 Å². The zero-order chi connectivity index (χ0) is 13.9. The molecule has 1 aromatic carbocycles. The Bertz CT molecular complexity index is 705. The van der Waals surface area contributed by atoms with Crippen LogP contribution in [-0.2, 0) is 12.8 Å². The molecule has 0 radical (unpaired) electrons. The second-order valence-electron chi connectivity index (χ2n) is 4.31. The van der Waals surface area contributed by atoms with Crippen LogP contribution in [0.2, 0.25) is 5.02 Å². The van der Waals surface area contributed by atoms with Gasteiger partial charge in [-0.05, 0) is 24.3 Å². The molecule has 3 aromatic rings. The van der Waals surface area contributed by atoms with Crippen LogP contribution in [0.5, 0.6) is 0 Å². The summed E-state index contributed by atoms with van der Waals surface area (Å²) in [5.41, 5.74) is 2.11. The van der Waals surface area contributed by atoms with Gasteiger partial charge in [0.2, 0.25) is 0 Å². The van der Waals surface area contributed by atoms with Crippen LogP contribution in [0.4, 0.5) is 0 Å². The summed E-state index contributed by atoms with van der Waals surface area (Å²) in [6.45, 7) is 0. The SMILES string of the molecule is Cn1cc(CSc2ncc(-c3ccc(Cl)cc3)o2)cn1. The average Bonchev–Trinajstić information content (AvgIpc) is 3.06. The Morgan fingerprint density at radius 2 is 2.05 bits per heavy atom. The van der Waals surface area contributed by atoms with Gasteiger partial charge in [0.1, 0.15) is 0 Å². The summed E-state index contributed by atoms with van der Waals surface area (Å²) < 4.78 is 7.50. The second kappa shape index (κ2) is 5.73. The summed E-state index contributed by atoms with van der Waals surface area (Å²) in [5, 5.41) is 5.49. The van der Waals surface area contributed by atoms with Gasteiger partial charge in [0.25, 0.3) is 5.22 Å². The van der Waals surface area contributed by atoms with E-state index in [2.05, 4.69) is 10.1 Å². The molecule has 0 fully saturated rings. The monoisotopic (exact) mass is 305 g/mol. The molecule has 4 nitrogen and oxygen atoms in total. The van der Waals surface area contributed by atoms with Gasteiger partial charge in [-0.1, -0.05) is 23.4 Å². The predicted octanol–water partition coefficient (Wildman–Crippen LogP) is 4.02. The van der Waals surface area contributed by atoms with Crippen LogP contribution in [0.3, 0.4) is 0 Å². The van der Waals surface area contributed by atoms with E-state index in [9.17, 15) is 0 Å². The van der Waals surface area contributed by atoms with Crippen LogP contribution < -0.4 is 0 Å². The minimum Gasteiger partial charge on any atom is -0.431 e. The maximum atomic E-state index is 5.87. The van der Waals surface area contributed by atoms with Crippen molar-refractivity contribution in [3.63, 3.8) is 0 Å². The molecule has 0 atom stereocenters. The number of halogens is 1. The smallest absolute Gasteiger partial charge is 0.256 e. The van der Waals surface area contributed by atoms with Crippen molar-refractivity contribution in [2.45, 2.75) is 11.0 Å². The number of nitrogens with zero attached hydrogens (tertiary/aromatic N) is 3. The normalized spacial score (nSPS) is 10.9. The number of hydrogen-bond acceptors (Lipinski definition) is 4. The van der Waals surface area contributed by atoms with E-state index in [0.717, 1.165) is 22.6 Å². The average molecular weight is 306 g/mol. The first-order chi connectivity index (χ1) is 9.70. The van der Waals surface area contributed by atoms with Gasteiger partial charge >= 0.3 is 0 Å². The fraction of sp³-hybridized carbons (Fsp3) is 0.143.